The number of hydrogen-bond donors (Lipinski definition) is 0. The van der Waals surface area contributed by atoms with Crippen LogP contribution in [0, 0.1) is 13.8 Å². The van der Waals surface area contributed by atoms with Gasteiger partial charge in [-0.15, -0.1) is 0 Å². The third-order valence-electron chi connectivity index (χ3n) is 3.63. The second kappa shape index (κ2) is 4.98. The van der Waals surface area contributed by atoms with Gasteiger partial charge in [0.25, 0.3) is 0 Å². The molecule has 2 aromatic rings. The average molecular weight is 272 g/mol. The van der Waals surface area contributed by atoms with Gasteiger partial charge in [0, 0.05) is 18.8 Å². The van der Waals surface area contributed by atoms with Crippen molar-refractivity contribution in [3.8, 4) is 0 Å². The van der Waals surface area contributed by atoms with E-state index < -0.39 is 0 Å². The van der Waals surface area contributed by atoms with E-state index in [1.165, 1.54) is 5.56 Å². The second-order valence-corrected chi connectivity index (χ2v) is 5.64. The fraction of sp³-hybridized carbons (Fsp3) is 0.533. The van der Waals surface area contributed by atoms with E-state index in [0.717, 1.165) is 35.6 Å². The van der Waals surface area contributed by atoms with E-state index in [4.69, 9.17) is 4.74 Å². The lowest BCUT2D eigenvalue weighted by Gasteiger charge is -2.36. The van der Waals surface area contributed by atoms with Crippen molar-refractivity contribution < 1.29 is 4.74 Å². The standard InChI is InChI=1S/C15H20N4O/c1-9-5-10(2)18-14-13(9)15(17-8-16-14)19-6-11(3)20-12(4)7-19/h5,8,11-12H,6-7H2,1-4H3/t11-,12+. The van der Waals surface area contributed by atoms with Gasteiger partial charge in [0.2, 0.25) is 0 Å². The molecule has 0 spiro atoms. The molecule has 20 heavy (non-hydrogen) atoms. The molecule has 0 unspecified atom stereocenters. The zero-order valence-corrected chi connectivity index (χ0v) is 12.4. The molecule has 1 fully saturated rings. The molecule has 1 aliphatic rings. The number of nitrogens with zero attached hydrogens (tertiary/aromatic N) is 4. The Morgan fingerprint density at radius 3 is 2.55 bits per heavy atom. The molecule has 3 heterocycles. The number of aryl methyl sites for hydroxylation is 2. The van der Waals surface area contributed by atoms with Crippen LogP contribution in [0.5, 0.6) is 0 Å². The van der Waals surface area contributed by atoms with Crippen LogP contribution in [-0.2, 0) is 4.74 Å². The van der Waals surface area contributed by atoms with E-state index in [1.807, 2.05) is 6.92 Å². The predicted molar refractivity (Wildman–Crippen MR) is 79.0 cm³/mol. The highest BCUT2D eigenvalue weighted by Gasteiger charge is 2.25. The Morgan fingerprint density at radius 2 is 1.85 bits per heavy atom. The van der Waals surface area contributed by atoms with Gasteiger partial charge < -0.3 is 9.64 Å². The van der Waals surface area contributed by atoms with Gasteiger partial charge >= 0.3 is 0 Å². The fourth-order valence-electron chi connectivity index (χ4n) is 2.98. The Balaban J connectivity index is 2.11. The third kappa shape index (κ3) is 2.33. The van der Waals surface area contributed by atoms with Crippen molar-refractivity contribution >= 4 is 16.9 Å². The number of morpholine rings is 1. The molecule has 5 nitrogen and oxygen atoms in total. The summed E-state index contributed by atoms with van der Waals surface area (Å²) in [6, 6.07) is 2.09. The molecule has 0 bridgehead atoms. The number of aromatic nitrogens is 3. The quantitative estimate of drug-likeness (QED) is 0.797. The molecule has 0 radical (unpaired) electrons. The van der Waals surface area contributed by atoms with Crippen molar-refractivity contribution in [3.05, 3.63) is 23.7 Å². The van der Waals surface area contributed by atoms with Crippen LogP contribution in [0.25, 0.3) is 11.0 Å². The molecule has 3 rings (SSSR count). The van der Waals surface area contributed by atoms with Gasteiger partial charge in [-0.2, -0.15) is 0 Å². The van der Waals surface area contributed by atoms with Gasteiger partial charge in [-0.25, -0.2) is 15.0 Å². The van der Waals surface area contributed by atoms with E-state index in [1.54, 1.807) is 6.33 Å². The minimum absolute atomic E-state index is 0.211. The molecule has 0 aliphatic carbocycles. The number of hydrogen-bond acceptors (Lipinski definition) is 5. The van der Waals surface area contributed by atoms with Crippen LogP contribution in [0.1, 0.15) is 25.1 Å². The highest BCUT2D eigenvalue weighted by atomic mass is 16.5. The van der Waals surface area contributed by atoms with Gasteiger partial charge in [-0.1, -0.05) is 0 Å². The monoisotopic (exact) mass is 272 g/mol. The number of ether oxygens (including phenoxy) is 1. The van der Waals surface area contributed by atoms with Crippen LogP contribution in [-0.4, -0.2) is 40.2 Å². The van der Waals surface area contributed by atoms with E-state index in [9.17, 15) is 0 Å². The van der Waals surface area contributed by atoms with Crippen molar-refractivity contribution in [1.29, 1.82) is 0 Å². The molecule has 0 aromatic carbocycles. The minimum atomic E-state index is 0.211. The summed E-state index contributed by atoms with van der Waals surface area (Å²) in [6.45, 7) is 9.99. The van der Waals surface area contributed by atoms with Gasteiger partial charge in [-0.3, -0.25) is 0 Å². The number of anilines is 1. The minimum Gasteiger partial charge on any atom is -0.372 e. The summed E-state index contributed by atoms with van der Waals surface area (Å²) in [6.07, 6.45) is 2.03. The Morgan fingerprint density at radius 1 is 1.15 bits per heavy atom. The smallest absolute Gasteiger partial charge is 0.165 e. The van der Waals surface area contributed by atoms with Gasteiger partial charge in [0.05, 0.1) is 17.6 Å². The second-order valence-electron chi connectivity index (χ2n) is 5.64. The zero-order valence-electron chi connectivity index (χ0n) is 12.4. The van der Waals surface area contributed by atoms with Gasteiger partial charge in [0.15, 0.2) is 5.65 Å². The SMILES string of the molecule is Cc1cc(C)c2c(N3C[C@@H](C)O[C@@H](C)C3)ncnc2n1. The number of rotatable bonds is 1. The van der Waals surface area contributed by atoms with E-state index >= 15 is 0 Å². The lowest BCUT2D eigenvalue weighted by molar-refractivity contribution is -0.00537. The van der Waals surface area contributed by atoms with Crippen molar-refractivity contribution in [2.75, 3.05) is 18.0 Å². The molecular formula is C15H20N4O. The molecule has 0 amide bonds. The molecule has 0 N–H and O–H groups in total. The van der Waals surface area contributed by atoms with Crippen molar-refractivity contribution in [2.45, 2.75) is 39.9 Å². The summed E-state index contributed by atoms with van der Waals surface area (Å²) in [5, 5.41) is 1.06. The van der Waals surface area contributed by atoms with Crippen LogP contribution in [0.4, 0.5) is 5.82 Å². The predicted octanol–water partition coefficient (Wildman–Crippen LogP) is 2.26. The Bertz CT molecular complexity index is 633. The summed E-state index contributed by atoms with van der Waals surface area (Å²) in [5.41, 5.74) is 2.94. The third-order valence-corrected chi connectivity index (χ3v) is 3.63. The van der Waals surface area contributed by atoms with Crippen LogP contribution >= 0.6 is 0 Å². The van der Waals surface area contributed by atoms with Gasteiger partial charge in [0.1, 0.15) is 12.1 Å². The molecule has 106 valence electrons. The highest BCUT2D eigenvalue weighted by molar-refractivity contribution is 5.90. The van der Waals surface area contributed by atoms with Crippen LogP contribution in [0.2, 0.25) is 0 Å². The molecule has 5 heteroatoms. The summed E-state index contributed by atoms with van der Waals surface area (Å²) in [5.74, 6) is 0.974. The van der Waals surface area contributed by atoms with Crippen molar-refractivity contribution in [3.63, 3.8) is 0 Å². The maximum absolute atomic E-state index is 5.80. The largest absolute Gasteiger partial charge is 0.372 e. The number of fused-ring (bicyclic) bond motifs is 1. The lowest BCUT2D eigenvalue weighted by Crippen LogP contribution is -2.46. The van der Waals surface area contributed by atoms with Crippen LogP contribution < -0.4 is 4.90 Å². The van der Waals surface area contributed by atoms with E-state index in [-0.39, 0.29) is 12.2 Å². The Labute approximate surface area is 119 Å². The Kier molecular flexibility index (Phi) is 3.30. The lowest BCUT2D eigenvalue weighted by atomic mass is 10.1. The Hall–Kier alpha value is -1.75. The summed E-state index contributed by atoms with van der Waals surface area (Å²) in [7, 11) is 0. The zero-order chi connectivity index (χ0) is 14.3. The molecule has 1 saturated heterocycles. The average Bonchev–Trinajstić information content (AvgIpc) is 2.36. The first kappa shape index (κ1) is 13.2. The summed E-state index contributed by atoms with van der Waals surface area (Å²) >= 11 is 0. The maximum atomic E-state index is 5.80. The first-order chi connectivity index (χ1) is 9.54. The van der Waals surface area contributed by atoms with Crippen molar-refractivity contribution in [1.82, 2.24) is 15.0 Å². The van der Waals surface area contributed by atoms with Crippen LogP contribution in [0.15, 0.2) is 12.4 Å². The highest BCUT2D eigenvalue weighted by Crippen LogP contribution is 2.27. The maximum Gasteiger partial charge on any atom is 0.165 e. The first-order valence-electron chi connectivity index (χ1n) is 7.04. The number of pyridine rings is 1. The summed E-state index contributed by atoms with van der Waals surface area (Å²) < 4.78 is 5.80. The fourth-order valence-corrected chi connectivity index (χ4v) is 2.98. The van der Waals surface area contributed by atoms with E-state index in [0.29, 0.717) is 0 Å². The van der Waals surface area contributed by atoms with Crippen LogP contribution in [0.3, 0.4) is 0 Å². The molecule has 1 aliphatic heterocycles. The van der Waals surface area contributed by atoms with E-state index in [2.05, 4.69) is 46.7 Å². The summed E-state index contributed by atoms with van der Waals surface area (Å²) in [4.78, 5) is 15.6. The molecule has 0 saturated carbocycles. The topological polar surface area (TPSA) is 51.1 Å². The molecular weight excluding hydrogens is 252 g/mol. The first-order valence-corrected chi connectivity index (χ1v) is 7.04. The van der Waals surface area contributed by atoms with Crippen molar-refractivity contribution in [2.24, 2.45) is 0 Å². The normalized spacial score (nSPS) is 23.3. The molecule has 2 atom stereocenters. The molecule has 2 aromatic heterocycles. The van der Waals surface area contributed by atoms with Gasteiger partial charge in [-0.05, 0) is 39.3 Å².